The van der Waals surface area contributed by atoms with Gasteiger partial charge in [0.2, 0.25) is 5.91 Å². The van der Waals surface area contributed by atoms with Gasteiger partial charge in [-0.1, -0.05) is 0 Å². The molecule has 1 aliphatic rings. The maximum Gasteiger partial charge on any atom is 0.330 e. The van der Waals surface area contributed by atoms with E-state index in [-0.39, 0.29) is 12.5 Å². The first-order valence-corrected chi connectivity index (χ1v) is 9.46. The molecule has 0 aromatic carbocycles. The third kappa shape index (κ3) is 4.36. The summed E-state index contributed by atoms with van der Waals surface area (Å²) in [5.74, 6) is 0.228. The summed E-state index contributed by atoms with van der Waals surface area (Å²) in [5, 5.41) is 2.24. The van der Waals surface area contributed by atoms with E-state index in [1.807, 2.05) is 0 Å². The molecule has 0 saturated carbocycles. The number of nitrogens with zero attached hydrogens (tertiary/aromatic N) is 1. The van der Waals surface area contributed by atoms with E-state index in [9.17, 15) is 14.4 Å². The van der Waals surface area contributed by atoms with E-state index in [0.29, 0.717) is 17.3 Å². The zero-order chi connectivity index (χ0) is 19.4. The summed E-state index contributed by atoms with van der Waals surface area (Å²) < 4.78 is 15.8. The van der Waals surface area contributed by atoms with Crippen molar-refractivity contribution in [1.82, 2.24) is 10.2 Å². The average Bonchev–Trinajstić information content (AvgIpc) is 3.39. The van der Waals surface area contributed by atoms with Crippen LogP contribution in [0.25, 0.3) is 0 Å². The van der Waals surface area contributed by atoms with Crippen molar-refractivity contribution in [2.24, 2.45) is 0 Å². The van der Waals surface area contributed by atoms with Gasteiger partial charge in [0.1, 0.15) is 22.9 Å². The summed E-state index contributed by atoms with van der Waals surface area (Å²) in [4.78, 5) is 38.2. The first-order chi connectivity index (χ1) is 13.0. The molecule has 144 valence electrons. The molecule has 1 aliphatic heterocycles. The van der Waals surface area contributed by atoms with Crippen molar-refractivity contribution in [3.63, 3.8) is 0 Å². The molecular weight excluding hydrogens is 372 g/mol. The van der Waals surface area contributed by atoms with Crippen molar-refractivity contribution in [3.8, 4) is 0 Å². The van der Waals surface area contributed by atoms with Crippen LogP contribution >= 0.6 is 11.8 Å². The minimum absolute atomic E-state index is 0.202. The number of hydrogen-bond donors (Lipinski definition) is 1. The van der Waals surface area contributed by atoms with Gasteiger partial charge in [0.05, 0.1) is 19.1 Å². The van der Waals surface area contributed by atoms with Crippen molar-refractivity contribution < 1.29 is 28.0 Å². The van der Waals surface area contributed by atoms with E-state index in [1.54, 1.807) is 24.3 Å². The zero-order valence-electron chi connectivity index (χ0n) is 14.9. The summed E-state index contributed by atoms with van der Waals surface area (Å²) in [6, 6.07) is 6.15. The van der Waals surface area contributed by atoms with Crippen LogP contribution < -0.4 is 5.32 Å². The van der Waals surface area contributed by atoms with Crippen LogP contribution in [0.4, 0.5) is 0 Å². The Morgan fingerprint density at radius 3 is 2.67 bits per heavy atom. The first kappa shape index (κ1) is 19.1. The minimum atomic E-state index is -0.992. The molecule has 2 aromatic rings. The lowest BCUT2D eigenvalue weighted by atomic mass is 10.2. The Kier molecular flexibility index (Phi) is 5.90. The Morgan fingerprint density at radius 1 is 1.30 bits per heavy atom. The Bertz CT molecular complexity index is 789. The van der Waals surface area contributed by atoms with Gasteiger partial charge in [-0.25, -0.2) is 4.79 Å². The lowest BCUT2D eigenvalue weighted by Gasteiger charge is -2.26. The summed E-state index contributed by atoms with van der Waals surface area (Å²) in [6.07, 6.45) is 2.04. The highest BCUT2D eigenvalue weighted by Gasteiger charge is 2.43. The molecule has 27 heavy (non-hydrogen) atoms. The second-order valence-electron chi connectivity index (χ2n) is 6.02. The number of carbonyl (C=O) groups is 3. The lowest BCUT2D eigenvalue weighted by Crippen LogP contribution is -2.45. The number of furan rings is 2. The van der Waals surface area contributed by atoms with Gasteiger partial charge in [-0.15, -0.1) is 11.8 Å². The maximum absolute atomic E-state index is 12.6. The molecule has 1 saturated heterocycles. The van der Waals surface area contributed by atoms with Crippen molar-refractivity contribution in [1.29, 1.82) is 0 Å². The number of rotatable bonds is 6. The monoisotopic (exact) mass is 392 g/mol. The number of nitrogens with one attached hydrogen (secondary N) is 1. The largest absolute Gasteiger partial charge is 0.467 e. The van der Waals surface area contributed by atoms with E-state index in [0.717, 1.165) is 0 Å². The number of amides is 2. The SMILES string of the molecule is CC(=O)N1[C@@H](c2ccco2)SC[C@H]1C(=O)O[C@@H](C)C(=O)NCc1ccco1. The normalized spacial score (nSPS) is 20.3. The molecular formula is C18H20N2O6S. The molecule has 1 N–H and O–H groups in total. The van der Waals surface area contributed by atoms with Crippen LogP contribution in [0.3, 0.4) is 0 Å². The molecule has 0 spiro atoms. The second-order valence-corrected chi connectivity index (χ2v) is 7.13. The predicted molar refractivity (Wildman–Crippen MR) is 96.3 cm³/mol. The molecule has 3 heterocycles. The fraction of sp³-hybridized carbons (Fsp3) is 0.389. The van der Waals surface area contributed by atoms with Crippen LogP contribution in [0, 0.1) is 0 Å². The minimum Gasteiger partial charge on any atom is -0.467 e. The number of hydrogen-bond acceptors (Lipinski definition) is 7. The molecule has 1 fully saturated rings. The third-order valence-corrected chi connectivity index (χ3v) is 5.39. The molecule has 2 aromatic heterocycles. The van der Waals surface area contributed by atoms with Gasteiger partial charge < -0.3 is 23.8 Å². The van der Waals surface area contributed by atoms with Crippen LogP contribution in [0.5, 0.6) is 0 Å². The molecule has 8 nitrogen and oxygen atoms in total. The molecule has 3 rings (SSSR count). The van der Waals surface area contributed by atoms with Gasteiger partial charge in [0, 0.05) is 12.7 Å². The Hall–Kier alpha value is -2.68. The summed E-state index contributed by atoms with van der Waals surface area (Å²) in [5.41, 5.74) is 0. The van der Waals surface area contributed by atoms with Crippen LogP contribution in [0.1, 0.15) is 30.7 Å². The highest BCUT2D eigenvalue weighted by molar-refractivity contribution is 7.99. The summed E-state index contributed by atoms with van der Waals surface area (Å²) in [7, 11) is 0. The van der Waals surface area contributed by atoms with E-state index in [1.165, 1.54) is 43.0 Å². The van der Waals surface area contributed by atoms with E-state index >= 15 is 0 Å². The fourth-order valence-electron chi connectivity index (χ4n) is 2.76. The molecule has 0 bridgehead atoms. The Morgan fingerprint density at radius 2 is 2.04 bits per heavy atom. The van der Waals surface area contributed by atoms with Crippen LogP contribution in [0.2, 0.25) is 0 Å². The third-order valence-electron chi connectivity index (χ3n) is 4.10. The Labute approximate surface area is 160 Å². The predicted octanol–water partition coefficient (Wildman–Crippen LogP) is 2.08. The number of esters is 1. The van der Waals surface area contributed by atoms with Gasteiger partial charge in [0.25, 0.3) is 5.91 Å². The maximum atomic E-state index is 12.6. The quantitative estimate of drug-likeness (QED) is 0.751. The molecule has 3 atom stereocenters. The van der Waals surface area contributed by atoms with Gasteiger partial charge in [-0.2, -0.15) is 0 Å². The zero-order valence-corrected chi connectivity index (χ0v) is 15.7. The summed E-state index contributed by atoms with van der Waals surface area (Å²) in [6.45, 7) is 3.08. The smallest absolute Gasteiger partial charge is 0.330 e. The molecule has 0 aliphatic carbocycles. The fourth-order valence-corrected chi connectivity index (χ4v) is 4.18. The molecule has 0 unspecified atom stereocenters. The van der Waals surface area contributed by atoms with E-state index in [2.05, 4.69) is 5.32 Å². The Balaban J connectivity index is 1.59. The van der Waals surface area contributed by atoms with E-state index < -0.39 is 29.4 Å². The number of thioether (sulfide) groups is 1. The highest BCUT2D eigenvalue weighted by Crippen LogP contribution is 2.41. The van der Waals surface area contributed by atoms with Gasteiger partial charge >= 0.3 is 5.97 Å². The van der Waals surface area contributed by atoms with Crippen molar-refractivity contribution >= 4 is 29.5 Å². The standard InChI is InChI=1S/C18H20N2O6S/c1-11(16(22)19-9-13-5-3-7-24-13)26-18(23)14-10-27-17(20(14)12(2)21)15-6-4-8-25-15/h3-8,11,14,17H,9-10H2,1-2H3,(H,19,22)/t11-,14-,17+/m0/s1. The molecule has 9 heteroatoms. The van der Waals surface area contributed by atoms with Crippen molar-refractivity contribution in [3.05, 3.63) is 48.3 Å². The molecule has 0 radical (unpaired) electrons. The second kappa shape index (κ2) is 8.34. The topological polar surface area (TPSA) is 102 Å². The summed E-state index contributed by atoms with van der Waals surface area (Å²) >= 11 is 1.41. The van der Waals surface area contributed by atoms with Crippen LogP contribution in [-0.4, -0.2) is 40.6 Å². The van der Waals surface area contributed by atoms with Gasteiger partial charge in [-0.05, 0) is 31.2 Å². The average molecular weight is 392 g/mol. The highest BCUT2D eigenvalue weighted by atomic mass is 32.2. The molecule has 2 amide bonds. The first-order valence-electron chi connectivity index (χ1n) is 8.42. The van der Waals surface area contributed by atoms with Gasteiger partial charge in [0.15, 0.2) is 6.10 Å². The number of ether oxygens (including phenoxy) is 1. The van der Waals surface area contributed by atoms with E-state index in [4.69, 9.17) is 13.6 Å². The van der Waals surface area contributed by atoms with Crippen LogP contribution in [-0.2, 0) is 25.7 Å². The van der Waals surface area contributed by atoms with Gasteiger partial charge in [-0.3, -0.25) is 9.59 Å². The lowest BCUT2D eigenvalue weighted by molar-refractivity contribution is -0.161. The van der Waals surface area contributed by atoms with Crippen LogP contribution in [0.15, 0.2) is 45.6 Å². The van der Waals surface area contributed by atoms with Crippen molar-refractivity contribution in [2.45, 2.75) is 37.9 Å². The number of carbonyl (C=O) groups excluding carboxylic acids is 3. The van der Waals surface area contributed by atoms with Crippen molar-refractivity contribution in [2.75, 3.05) is 5.75 Å².